The van der Waals surface area contributed by atoms with E-state index in [0.717, 1.165) is 25.7 Å². The Morgan fingerprint density at radius 2 is 1.87 bits per heavy atom. The SMILES string of the molecule is CC(C)Cn1c(SC(C)C(=O)NC(=O)NC2CCCCC2)nnc1-c1ccccc1F. The van der Waals surface area contributed by atoms with Crippen LogP contribution in [-0.4, -0.2) is 38.0 Å². The zero-order chi connectivity index (χ0) is 22.4. The first kappa shape index (κ1) is 23.2. The van der Waals surface area contributed by atoms with Gasteiger partial charge < -0.3 is 9.88 Å². The molecule has 1 atom stereocenters. The molecular formula is C22H30FN5O2S. The van der Waals surface area contributed by atoms with Crippen LogP contribution in [0.4, 0.5) is 9.18 Å². The van der Waals surface area contributed by atoms with Gasteiger partial charge in [-0.05, 0) is 37.8 Å². The van der Waals surface area contributed by atoms with E-state index in [1.54, 1.807) is 25.1 Å². The van der Waals surface area contributed by atoms with Crippen molar-refractivity contribution in [1.29, 1.82) is 0 Å². The normalized spacial score (nSPS) is 15.6. The smallest absolute Gasteiger partial charge is 0.321 e. The van der Waals surface area contributed by atoms with Gasteiger partial charge in [0.2, 0.25) is 5.91 Å². The molecule has 168 valence electrons. The third-order valence-electron chi connectivity index (χ3n) is 5.21. The number of rotatable bonds is 7. The van der Waals surface area contributed by atoms with E-state index in [9.17, 15) is 14.0 Å². The summed E-state index contributed by atoms with van der Waals surface area (Å²) in [5, 5.41) is 13.7. The van der Waals surface area contributed by atoms with Crippen LogP contribution in [0.15, 0.2) is 29.4 Å². The molecule has 7 nitrogen and oxygen atoms in total. The maximum atomic E-state index is 14.3. The molecule has 1 aliphatic carbocycles. The first-order valence-electron chi connectivity index (χ1n) is 10.8. The Kier molecular flexibility index (Phi) is 8.06. The summed E-state index contributed by atoms with van der Waals surface area (Å²) in [5.74, 6) is -0.0743. The Labute approximate surface area is 186 Å². The van der Waals surface area contributed by atoms with Gasteiger partial charge in [0.05, 0.1) is 10.8 Å². The number of nitrogens with zero attached hydrogens (tertiary/aromatic N) is 3. The summed E-state index contributed by atoms with van der Waals surface area (Å²) in [6.45, 7) is 6.39. The number of imide groups is 1. The molecule has 3 rings (SSSR count). The molecule has 9 heteroatoms. The Morgan fingerprint density at radius 1 is 1.16 bits per heavy atom. The average molecular weight is 448 g/mol. The van der Waals surface area contributed by atoms with Crippen molar-refractivity contribution in [1.82, 2.24) is 25.4 Å². The predicted octanol–water partition coefficient (Wildman–Crippen LogP) is 4.38. The zero-order valence-corrected chi connectivity index (χ0v) is 19.0. The maximum absolute atomic E-state index is 14.3. The number of nitrogens with one attached hydrogen (secondary N) is 2. The van der Waals surface area contributed by atoms with Gasteiger partial charge >= 0.3 is 6.03 Å². The second-order valence-electron chi connectivity index (χ2n) is 8.35. The van der Waals surface area contributed by atoms with Crippen LogP contribution in [0.5, 0.6) is 0 Å². The predicted molar refractivity (Wildman–Crippen MR) is 119 cm³/mol. The summed E-state index contributed by atoms with van der Waals surface area (Å²) in [4.78, 5) is 24.7. The minimum absolute atomic E-state index is 0.127. The highest BCUT2D eigenvalue weighted by atomic mass is 32.2. The third-order valence-corrected chi connectivity index (χ3v) is 6.29. The van der Waals surface area contributed by atoms with Crippen molar-refractivity contribution >= 4 is 23.7 Å². The van der Waals surface area contributed by atoms with Crippen LogP contribution in [0.3, 0.4) is 0 Å². The molecule has 0 spiro atoms. The number of carbonyl (C=O) groups excluding carboxylic acids is 2. The van der Waals surface area contributed by atoms with E-state index >= 15 is 0 Å². The lowest BCUT2D eigenvalue weighted by Gasteiger charge is -2.23. The molecule has 2 aromatic rings. The van der Waals surface area contributed by atoms with Crippen LogP contribution in [0, 0.1) is 11.7 Å². The highest BCUT2D eigenvalue weighted by molar-refractivity contribution is 8.00. The lowest BCUT2D eigenvalue weighted by molar-refractivity contribution is -0.119. The van der Waals surface area contributed by atoms with Crippen LogP contribution in [0.25, 0.3) is 11.4 Å². The molecule has 3 amide bonds. The highest BCUT2D eigenvalue weighted by Gasteiger charge is 2.24. The van der Waals surface area contributed by atoms with Crippen molar-refractivity contribution in [2.24, 2.45) is 5.92 Å². The molecule has 1 aromatic carbocycles. The van der Waals surface area contributed by atoms with Gasteiger partial charge in [0.25, 0.3) is 0 Å². The second kappa shape index (κ2) is 10.7. The van der Waals surface area contributed by atoms with E-state index in [2.05, 4.69) is 20.8 Å². The Morgan fingerprint density at radius 3 is 2.55 bits per heavy atom. The van der Waals surface area contributed by atoms with Gasteiger partial charge in [-0.1, -0.05) is 57.0 Å². The van der Waals surface area contributed by atoms with E-state index in [1.807, 2.05) is 18.4 Å². The summed E-state index contributed by atoms with van der Waals surface area (Å²) in [5.41, 5.74) is 0.367. The fourth-order valence-electron chi connectivity index (χ4n) is 3.64. The lowest BCUT2D eigenvalue weighted by atomic mass is 9.96. The second-order valence-corrected chi connectivity index (χ2v) is 9.66. The van der Waals surface area contributed by atoms with Crippen molar-refractivity contribution in [3.8, 4) is 11.4 Å². The average Bonchev–Trinajstić information content (AvgIpc) is 3.10. The lowest BCUT2D eigenvalue weighted by Crippen LogP contribution is -2.47. The molecule has 0 aliphatic heterocycles. The van der Waals surface area contributed by atoms with Crippen LogP contribution in [-0.2, 0) is 11.3 Å². The third kappa shape index (κ3) is 6.29. The van der Waals surface area contributed by atoms with Crippen molar-refractivity contribution in [2.75, 3.05) is 0 Å². The van der Waals surface area contributed by atoms with Gasteiger partial charge in [-0.25, -0.2) is 9.18 Å². The van der Waals surface area contributed by atoms with Gasteiger partial charge in [-0.2, -0.15) is 0 Å². The number of aromatic nitrogens is 3. The number of amides is 3. The summed E-state index contributed by atoms with van der Waals surface area (Å²) in [6.07, 6.45) is 5.28. The number of thioether (sulfide) groups is 1. The van der Waals surface area contributed by atoms with Crippen molar-refractivity contribution in [3.63, 3.8) is 0 Å². The quantitative estimate of drug-likeness (QED) is 0.615. The number of halogens is 1. The van der Waals surface area contributed by atoms with Gasteiger partial charge in [0.1, 0.15) is 5.82 Å². The van der Waals surface area contributed by atoms with Gasteiger partial charge in [-0.15, -0.1) is 10.2 Å². The Bertz CT molecular complexity index is 911. The van der Waals surface area contributed by atoms with E-state index in [0.29, 0.717) is 23.1 Å². The largest absolute Gasteiger partial charge is 0.335 e. The number of hydrogen-bond donors (Lipinski definition) is 2. The molecule has 1 heterocycles. The van der Waals surface area contributed by atoms with Crippen LogP contribution < -0.4 is 10.6 Å². The van der Waals surface area contributed by atoms with Crippen molar-refractivity contribution in [2.45, 2.75) is 75.9 Å². The molecule has 1 aromatic heterocycles. The van der Waals surface area contributed by atoms with Crippen LogP contribution >= 0.6 is 11.8 Å². The molecule has 31 heavy (non-hydrogen) atoms. The monoisotopic (exact) mass is 447 g/mol. The van der Waals surface area contributed by atoms with Gasteiger partial charge in [-0.3, -0.25) is 10.1 Å². The van der Waals surface area contributed by atoms with Crippen molar-refractivity contribution in [3.05, 3.63) is 30.1 Å². The van der Waals surface area contributed by atoms with E-state index < -0.39 is 17.2 Å². The fraction of sp³-hybridized carbons (Fsp3) is 0.545. The minimum Gasteiger partial charge on any atom is -0.335 e. The number of urea groups is 1. The first-order chi connectivity index (χ1) is 14.8. The number of carbonyl (C=O) groups is 2. The molecule has 1 fully saturated rings. The number of hydrogen-bond acceptors (Lipinski definition) is 5. The van der Waals surface area contributed by atoms with Gasteiger partial charge in [0, 0.05) is 12.6 Å². The summed E-state index contributed by atoms with van der Waals surface area (Å²) >= 11 is 1.20. The topological polar surface area (TPSA) is 88.9 Å². The molecule has 1 aliphatic rings. The van der Waals surface area contributed by atoms with Crippen LogP contribution in [0.2, 0.25) is 0 Å². The molecule has 0 saturated heterocycles. The highest BCUT2D eigenvalue weighted by Crippen LogP contribution is 2.29. The van der Waals surface area contributed by atoms with E-state index in [-0.39, 0.29) is 17.8 Å². The molecular weight excluding hydrogens is 417 g/mol. The molecule has 0 radical (unpaired) electrons. The molecule has 1 unspecified atom stereocenters. The summed E-state index contributed by atoms with van der Waals surface area (Å²) in [6, 6.07) is 6.10. The fourth-order valence-corrected chi connectivity index (χ4v) is 4.50. The Hall–Kier alpha value is -2.42. The maximum Gasteiger partial charge on any atom is 0.321 e. The van der Waals surface area contributed by atoms with Gasteiger partial charge in [0.15, 0.2) is 11.0 Å². The number of benzene rings is 1. The summed E-state index contributed by atoms with van der Waals surface area (Å²) < 4.78 is 16.2. The minimum atomic E-state index is -0.569. The van der Waals surface area contributed by atoms with E-state index in [1.165, 1.54) is 24.2 Å². The first-order valence-corrected chi connectivity index (χ1v) is 11.7. The molecule has 1 saturated carbocycles. The zero-order valence-electron chi connectivity index (χ0n) is 18.2. The summed E-state index contributed by atoms with van der Waals surface area (Å²) in [7, 11) is 0. The van der Waals surface area contributed by atoms with Crippen molar-refractivity contribution < 1.29 is 14.0 Å². The standard InChI is InChI=1S/C22H30FN5O2S/c1-14(2)13-28-19(17-11-7-8-12-18(17)23)26-27-22(28)31-15(3)20(29)25-21(30)24-16-9-5-4-6-10-16/h7-8,11-12,14-16H,4-6,9-10,13H2,1-3H3,(H2,24,25,29,30). The molecule has 2 N–H and O–H groups in total. The van der Waals surface area contributed by atoms with E-state index in [4.69, 9.17) is 0 Å². The van der Waals surface area contributed by atoms with Crippen LogP contribution in [0.1, 0.15) is 52.9 Å². The molecule has 0 bridgehead atoms. The Balaban J connectivity index is 1.68.